The summed E-state index contributed by atoms with van der Waals surface area (Å²) in [5.41, 5.74) is 6.91. The first-order valence-corrected chi connectivity index (χ1v) is 6.06. The number of nitrogens with two attached hydrogens (primary N) is 1. The van der Waals surface area contributed by atoms with Gasteiger partial charge in [0.05, 0.1) is 16.3 Å². The van der Waals surface area contributed by atoms with Crippen LogP contribution in [0.4, 0.5) is 11.4 Å². The Bertz CT molecular complexity index is 543. The molecule has 0 aromatic heterocycles. The Balaban J connectivity index is 2.32. The number of rotatable bonds is 2. The monoisotopic (exact) mass is 232 g/mol. The quantitative estimate of drug-likeness (QED) is 0.617. The smallest absolute Gasteiger partial charge is 0.0732 e. The van der Waals surface area contributed by atoms with Crippen molar-refractivity contribution in [1.29, 1.82) is 0 Å². The maximum Gasteiger partial charge on any atom is 0.0732 e. The van der Waals surface area contributed by atoms with Crippen LogP contribution in [-0.2, 0) is 10.6 Å². The fraction of sp³-hybridized carbons (Fsp3) is 0. The molecule has 1 unspecified atom stereocenters. The minimum Gasteiger partial charge on any atom is -0.399 e. The Morgan fingerprint density at radius 3 is 2.19 bits per heavy atom. The predicted molar refractivity (Wildman–Crippen MR) is 67.2 cm³/mol. The first-order valence-electron chi connectivity index (χ1n) is 4.85. The van der Waals surface area contributed by atoms with E-state index in [2.05, 4.69) is 4.36 Å². The lowest BCUT2D eigenvalue weighted by atomic mass is 10.3. The summed E-state index contributed by atoms with van der Waals surface area (Å²) in [6.07, 6.45) is 0. The van der Waals surface area contributed by atoms with E-state index in [-0.39, 0.29) is 0 Å². The molecule has 0 radical (unpaired) electrons. The lowest BCUT2D eigenvalue weighted by Gasteiger charge is -1.95. The molecule has 0 saturated heterocycles. The molecule has 0 fully saturated rings. The first kappa shape index (κ1) is 10.7. The second-order valence-corrected chi connectivity index (χ2v) is 4.56. The van der Waals surface area contributed by atoms with Gasteiger partial charge in [0.25, 0.3) is 0 Å². The van der Waals surface area contributed by atoms with Gasteiger partial charge in [-0.15, -0.1) is 0 Å². The lowest BCUT2D eigenvalue weighted by molar-refractivity contribution is 0.688. The van der Waals surface area contributed by atoms with Crippen molar-refractivity contribution in [3.63, 3.8) is 0 Å². The summed E-state index contributed by atoms with van der Waals surface area (Å²) >= 11 is 0. The molecular formula is C12H12N2OS. The van der Waals surface area contributed by atoms with Gasteiger partial charge in [0.1, 0.15) is 0 Å². The molecule has 0 spiro atoms. The average molecular weight is 232 g/mol. The number of thiol groups is 1. The van der Waals surface area contributed by atoms with E-state index in [0.29, 0.717) is 11.4 Å². The second kappa shape index (κ2) is 4.81. The Labute approximate surface area is 96.1 Å². The highest BCUT2D eigenvalue weighted by atomic mass is 32.2. The topological polar surface area (TPSA) is 55.4 Å². The molecule has 0 aliphatic carbocycles. The van der Waals surface area contributed by atoms with Gasteiger partial charge in [-0.05, 0) is 36.4 Å². The van der Waals surface area contributed by atoms with Crippen molar-refractivity contribution in [3.05, 3.63) is 54.6 Å². The van der Waals surface area contributed by atoms with Crippen molar-refractivity contribution in [1.82, 2.24) is 0 Å². The zero-order chi connectivity index (χ0) is 11.4. The van der Waals surface area contributed by atoms with E-state index in [1.807, 2.05) is 18.2 Å². The van der Waals surface area contributed by atoms with Crippen LogP contribution < -0.4 is 5.73 Å². The first-order chi connectivity index (χ1) is 7.75. The van der Waals surface area contributed by atoms with E-state index >= 15 is 0 Å². The summed E-state index contributed by atoms with van der Waals surface area (Å²) < 4.78 is 16.0. The van der Waals surface area contributed by atoms with Gasteiger partial charge in [0.15, 0.2) is 0 Å². The molecule has 2 N–H and O–H groups in total. The molecule has 4 heteroatoms. The zero-order valence-corrected chi connectivity index (χ0v) is 9.47. The number of nitrogens with zero attached hydrogens (tertiary/aromatic N) is 1. The van der Waals surface area contributed by atoms with Crippen molar-refractivity contribution in [2.24, 2.45) is 4.36 Å². The molecule has 3 nitrogen and oxygen atoms in total. The Kier molecular flexibility index (Phi) is 3.22. The minimum atomic E-state index is -1.73. The Morgan fingerprint density at radius 2 is 1.56 bits per heavy atom. The van der Waals surface area contributed by atoms with E-state index in [0.717, 1.165) is 4.90 Å². The molecule has 2 aromatic carbocycles. The maximum absolute atomic E-state index is 11.8. The van der Waals surface area contributed by atoms with Crippen molar-refractivity contribution in [2.45, 2.75) is 4.90 Å². The van der Waals surface area contributed by atoms with Crippen LogP contribution in [0.2, 0.25) is 0 Å². The highest BCUT2D eigenvalue weighted by molar-refractivity contribution is 7.75. The van der Waals surface area contributed by atoms with Gasteiger partial charge in [-0.1, -0.05) is 18.2 Å². The highest BCUT2D eigenvalue weighted by Gasteiger charge is 1.93. The molecule has 0 aliphatic heterocycles. The molecule has 1 atom stereocenters. The third-order valence-electron chi connectivity index (χ3n) is 2.08. The van der Waals surface area contributed by atoms with Crippen LogP contribution in [0, 0.1) is 0 Å². The maximum atomic E-state index is 11.8. The normalized spacial score (nSPS) is 12.5. The van der Waals surface area contributed by atoms with Crippen molar-refractivity contribution in [2.75, 3.05) is 5.73 Å². The summed E-state index contributed by atoms with van der Waals surface area (Å²) in [5.74, 6) is 0. The van der Waals surface area contributed by atoms with Gasteiger partial charge in [0.2, 0.25) is 0 Å². The fourth-order valence-corrected chi connectivity index (χ4v) is 2.14. The van der Waals surface area contributed by atoms with Crippen molar-refractivity contribution < 1.29 is 4.21 Å². The van der Waals surface area contributed by atoms with E-state index < -0.39 is 10.6 Å². The Morgan fingerprint density at radius 1 is 0.938 bits per heavy atom. The van der Waals surface area contributed by atoms with Gasteiger partial charge >= 0.3 is 0 Å². The van der Waals surface area contributed by atoms with Crippen molar-refractivity contribution >= 4 is 22.0 Å². The van der Waals surface area contributed by atoms with Gasteiger partial charge in [-0.25, -0.2) is 4.21 Å². The highest BCUT2D eigenvalue weighted by Crippen LogP contribution is 2.16. The summed E-state index contributed by atoms with van der Waals surface area (Å²) in [6.45, 7) is 0. The summed E-state index contributed by atoms with van der Waals surface area (Å²) in [5, 5.41) is 0. The SMILES string of the molecule is Nc1ccc(/N=[SH](=O)/c2ccccc2)cc1. The van der Waals surface area contributed by atoms with Crippen LogP contribution in [0.15, 0.2) is 63.9 Å². The molecule has 2 aromatic rings. The molecule has 16 heavy (non-hydrogen) atoms. The van der Waals surface area contributed by atoms with E-state index in [9.17, 15) is 4.21 Å². The number of hydrogen-bond acceptors (Lipinski definition) is 3. The van der Waals surface area contributed by atoms with Crippen LogP contribution >= 0.6 is 0 Å². The number of nitrogen functional groups attached to an aromatic ring is 1. The van der Waals surface area contributed by atoms with Crippen LogP contribution in [0.3, 0.4) is 0 Å². The molecule has 82 valence electrons. The van der Waals surface area contributed by atoms with Crippen molar-refractivity contribution in [3.8, 4) is 0 Å². The Hall–Kier alpha value is -1.81. The number of benzene rings is 2. The van der Waals surface area contributed by atoms with Crippen LogP contribution in [0.5, 0.6) is 0 Å². The fourth-order valence-electron chi connectivity index (χ4n) is 1.26. The predicted octanol–water partition coefficient (Wildman–Crippen LogP) is 2.62. The molecular weight excluding hydrogens is 220 g/mol. The lowest BCUT2D eigenvalue weighted by Crippen LogP contribution is -1.82. The zero-order valence-electron chi connectivity index (χ0n) is 8.58. The van der Waals surface area contributed by atoms with E-state index in [1.165, 1.54) is 0 Å². The molecule has 0 bridgehead atoms. The van der Waals surface area contributed by atoms with Crippen LogP contribution in [0.1, 0.15) is 0 Å². The standard InChI is InChI=1S/C12H12N2OS/c13-10-6-8-11(9-7-10)14-16(15)12-4-2-1-3-5-12/h1-9,16H,13H2. The molecule has 0 aliphatic rings. The molecule has 0 heterocycles. The summed E-state index contributed by atoms with van der Waals surface area (Å²) in [7, 11) is -1.73. The second-order valence-electron chi connectivity index (χ2n) is 3.30. The third kappa shape index (κ3) is 2.61. The average Bonchev–Trinajstić information content (AvgIpc) is 2.33. The van der Waals surface area contributed by atoms with E-state index in [1.54, 1.807) is 36.4 Å². The van der Waals surface area contributed by atoms with Gasteiger partial charge < -0.3 is 5.73 Å². The molecule has 2 rings (SSSR count). The van der Waals surface area contributed by atoms with Crippen LogP contribution in [0.25, 0.3) is 0 Å². The summed E-state index contributed by atoms with van der Waals surface area (Å²) in [4.78, 5) is 0.731. The van der Waals surface area contributed by atoms with Gasteiger partial charge in [0, 0.05) is 10.6 Å². The van der Waals surface area contributed by atoms with Crippen LogP contribution in [-0.4, -0.2) is 4.21 Å². The minimum absolute atomic E-state index is 0.675. The largest absolute Gasteiger partial charge is 0.399 e. The third-order valence-corrected chi connectivity index (χ3v) is 3.23. The molecule has 0 saturated carbocycles. The molecule has 0 amide bonds. The van der Waals surface area contributed by atoms with Gasteiger partial charge in [-0.3, -0.25) is 0 Å². The number of anilines is 1. The van der Waals surface area contributed by atoms with E-state index in [4.69, 9.17) is 5.73 Å². The summed E-state index contributed by atoms with van der Waals surface area (Å²) in [6, 6.07) is 16.2. The van der Waals surface area contributed by atoms with Gasteiger partial charge in [-0.2, -0.15) is 4.36 Å². The number of hydrogen-bond donors (Lipinski definition) is 2.